The molecule has 0 fully saturated rings. The molecule has 1 N–H and O–H groups in total. The monoisotopic (exact) mass is 401 g/mol. The standard InChI is InChI=1S/C18H22F3N3O2S/c1-12(2)24(13(3)4)27(25,26)14-9-10-17(22-11-14)23-16-8-6-5-7-15(16)18(19,20)21/h5-13H,1-4H3,(H,22,23). The van der Waals surface area contributed by atoms with Gasteiger partial charge < -0.3 is 5.32 Å². The number of para-hydroxylation sites is 1. The second-order valence-electron chi connectivity index (χ2n) is 6.57. The first kappa shape index (κ1) is 21.2. The van der Waals surface area contributed by atoms with Crippen LogP contribution in [0.4, 0.5) is 24.7 Å². The normalized spacial score (nSPS) is 12.8. The van der Waals surface area contributed by atoms with E-state index >= 15 is 0 Å². The molecule has 1 aromatic heterocycles. The summed E-state index contributed by atoms with van der Waals surface area (Å²) in [6, 6.07) is 7.21. The molecule has 9 heteroatoms. The Balaban J connectivity index is 2.32. The zero-order valence-electron chi connectivity index (χ0n) is 15.4. The van der Waals surface area contributed by atoms with Gasteiger partial charge >= 0.3 is 6.18 Å². The molecule has 0 unspecified atom stereocenters. The third-order valence-electron chi connectivity index (χ3n) is 3.82. The maximum absolute atomic E-state index is 13.1. The zero-order chi connectivity index (χ0) is 20.4. The summed E-state index contributed by atoms with van der Waals surface area (Å²) in [4.78, 5) is 3.97. The number of halogens is 3. The van der Waals surface area contributed by atoms with Crippen LogP contribution in [0.1, 0.15) is 33.3 Å². The Kier molecular flexibility index (Phi) is 6.16. The van der Waals surface area contributed by atoms with E-state index in [0.717, 1.165) is 12.3 Å². The number of pyridine rings is 1. The van der Waals surface area contributed by atoms with Crippen LogP contribution in [-0.2, 0) is 16.2 Å². The van der Waals surface area contributed by atoms with Crippen molar-refractivity contribution in [2.75, 3.05) is 5.32 Å². The smallest absolute Gasteiger partial charge is 0.340 e. The first-order valence-electron chi connectivity index (χ1n) is 8.37. The molecule has 0 spiro atoms. The summed E-state index contributed by atoms with van der Waals surface area (Å²) in [6.45, 7) is 7.09. The van der Waals surface area contributed by atoms with E-state index in [1.165, 1.54) is 34.6 Å². The fourth-order valence-electron chi connectivity index (χ4n) is 2.86. The van der Waals surface area contributed by atoms with Gasteiger partial charge in [0.25, 0.3) is 0 Å². The van der Waals surface area contributed by atoms with Crippen LogP contribution in [0.15, 0.2) is 47.5 Å². The van der Waals surface area contributed by atoms with Crippen LogP contribution in [0.5, 0.6) is 0 Å². The predicted molar refractivity (Wildman–Crippen MR) is 98.3 cm³/mol. The van der Waals surface area contributed by atoms with Crippen molar-refractivity contribution in [1.82, 2.24) is 9.29 Å². The number of aromatic nitrogens is 1. The Morgan fingerprint density at radius 3 is 2.07 bits per heavy atom. The number of hydrogen-bond acceptors (Lipinski definition) is 4. The number of alkyl halides is 3. The zero-order valence-corrected chi connectivity index (χ0v) is 16.3. The van der Waals surface area contributed by atoms with Crippen molar-refractivity contribution in [1.29, 1.82) is 0 Å². The van der Waals surface area contributed by atoms with Gasteiger partial charge in [0.2, 0.25) is 10.0 Å². The highest BCUT2D eigenvalue weighted by atomic mass is 32.2. The van der Waals surface area contributed by atoms with Crippen LogP contribution in [0.3, 0.4) is 0 Å². The van der Waals surface area contributed by atoms with Crippen LogP contribution < -0.4 is 5.32 Å². The number of nitrogens with one attached hydrogen (secondary N) is 1. The average Bonchev–Trinajstić information content (AvgIpc) is 2.53. The van der Waals surface area contributed by atoms with Crippen molar-refractivity contribution >= 4 is 21.5 Å². The van der Waals surface area contributed by atoms with Crippen LogP contribution >= 0.6 is 0 Å². The molecule has 0 aliphatic carbocycles. The van der Waals surface area contributed by atoms with Gasteiger partial charge in [-0.05, 0) is 52.0 Å². The fraction of sp³-hybridized carbons (Fsp3) is 0.389. The number of sulfonamides is 1. The molecule has 0 saturated carbocycles. The van der Waals surface area contributed by atoms with Crippen molar-refractivity contribution in [3.05, 3.63) is 48.2 Å². The Bertz CT molecular complexity index is 871. The van der Waals surface area contributed by atoms with Crippen molar-refractivity contribution in [3.63, 3.8) is 0 Å². The van der Waals surface area contributed by atoms with E-state index in [4.69, 9.17) is 0 Å². The van der Waals surface area contributed by atoms with Crippen molar-refractivity contribution < 1.29 is 21.6 Å². The molecular weight excluding hydrogens is 379 g/mol. The van der Waals surface area contributed by atoms with E-state index in [-0.39, 0.29) is 28.5 Å². The molecule has 5 nitrogen and oxygen atoms in total. The lowest BCUT2D eigenvalue weighted by molar-refractivity contribution is -0.136. The van der Waals surface area contributed by atoms with Gasteiger partial charge in [-0.25, -0.2) is 13.4 Å². The molecule has 0 saturated heterocycles. The highest BCUT2D eigenvalue weighted by Gasteiger charge is 2.33. The molecule has 0 aliphatic heterocycles. The summed E-state index contributed by atoms with van der Waals surface area (Å²) in [5, 5.41) is 2.59. The highest BCUT2D eigenvalue weighted by Crippen LogP contribution is 2.35. The van der Waals surface area contributed by atoms with Crippen molar-refractivity contribution in [2.24, 2.45) is 0 Å². The maximum Gasteiger partial charge on any atom is 0.418 e. The average molecular weight is 401 g/mol. The summed E-state index contributed by atoms with van der Waals surface area (Å²) in [7, 11) is -3.76. The lowest BCUT2D eigenvalue weighted by Crippen LogP contribution is -2.41. The van der Waals surface area contributed by atoms with Gasteiger partial charge in [-0.15, -0.1) is 0 Å². The number of benzene rings is 1. The second-order valence-corrected chi connectivity index (χ2v) is 8.41. The second kappa shape index (κ2) is 7.85. The third-order valence-corrected chi connectivity index (χ3v) is 6.06. The topological polar surface area (TPSA) is 62.3 Å². The molecular formula is C18H22F3N3O2S. The molecule has 1 aromatic carbocycles. The Morgan fingerprint density at radius 1 is 1.00 bits per heavy atom. The number of nitrogens with zero attached hydrogens (tertiary/aromatic N) is 2. The van der Waals surface area contributed by atoms with E-state index in [0.29, 0.717) is 0 Å². The van der Waals surface area contributed by atoms with Crippen molar-refractivity contribution in [2.45, 2.75) is 50.9 Å². The van der Waals surface area contributed by atoms with Gasteiger partial charge in [0.1, 0.15) is 10.7 Å². The summed E-state index contributed by atoms with van der Waals surface area (Å²) in [5.74, 6) is 0.117. The van der Waals surface area contributed by atoms with Crippen molar-refractivity contribution in [3.8, 4) is 0 Å². The maximum atomic E-state index is 13.1. The highest BCUT2D eigenvalue weighted by molar-refractivity contribution is 7.89. The minimum atomic E-state index is -4.51. The van der Waals surface area contributed by atoms with Gasteiger partial charge in [-0.2, -0.15) is 17.5 Å². The molecule has 2 rings (SSSR count). The SMILES string of the molecule is CC(C)N(C(C)C)S(=O)(=O)c1ccc(Nc2ccccc2C(F)(F)F)nc1. The Hall–Kier alpha value is -2.13. The van der Waals surface area contributed by atoms with Crippen LogP contribution in [-0.4, -0.2) is 29.8 Å². The number of anilines is 2. The lowest BCUT2D eigenvalue weighted by atomic mass is 10.1. The molecule has 0 aliphatic rings. The van der Waals surface area contributed by atoms with Gasteiger partial charge in [0, 0.05) is 18.3 Å². The molecule has 0 amide bonds. The first-order chi connectivity index (χ1) is 12.4. The predicted octanol–water partition coefficient (Wildman–Crippen LogP) is 4.65. The van der Waals surface area contributed by atoms with E-state index in [9.17, 15) is 21.6 Å². The fourth-order valence-corrected chi connectivity index (χ4v) is 4.64. The Morgan fingerprint density at radius 2 is 1.59 bits per heavy atom. The molecule has 27 heavy (non-hydrogen) atoms. The van der Waals surface area contributed by atoms with Gasteiger partial charge in [-0.3, -0.25) is 0 Å². The van der Waals surface area contributed by atoms with E-state index in [1.54, 1.807) is 27.7 Å². The van der Waals surface area contributed by atoms with Gasteiger partial charge in [-0.1, -0.05) is 12.1 Å². The van der Waals surface area contributed by atoms with Crippen LogP contribution in [0.2, 0.25) is 0 Å². The summed E-state index contributed by atoms with van der Waals surface area (Å²) in [6.07, 6.45) is -3.37. The molecule has 2 aromatic rings. The lowest BCUT2D eigenvalue weighted by Gasteiger charge is -2.29. The molecule has 0 atom stereocenters. The Labute approximate surface area is 157 Å². The van der Waals surface area contributed by atoms with Crippen LogP contribution in [0.25, 0.3) is 0 Å². The van der Waals surface area contributed by atoms with Gasteiger partial charge in [0.15, 0.2) is 0 Å². The third kappa shape index (κ3) is 4.78. The van der Waals surface area contributed by atoms with Gasteiger partial charge in [0.05, 0.1) is 11.3 Å². The first-order valence-corrected chi connectivity index (χ1v) is 9.81. The van der Waals surface area contributed by atoms with E-state index in [2.05, 4.69) is 10.3 Å². The largest absolute Gasteiger partial charge is 0.418 e. The molecule has 148 valence electrons. The molecule has 0 radical (unpaired) electrons. The molecule has 1 heterocycles. The summed E-state index contributed by atoms with van der Waals surface area (Å²) in [5.41, 5.74) is -0.978. The summed E-state index contributed by atoms with van der Waals surface area (Å²) >= 11 is 0. The van der Waals surface area contributed by atoms with E-state index < -0.39 is 21.8 Å². The number of hydrogen-bond donors (Lipinski definition) is 1. The van der Waals surface area contributed by atoms with E-state index in [1.807, 2.05) is 0 Å². The minimum absolute atomic E-state index is 0.0143. The minimum Gasteiger partial charge on any atom is -0.340 e. The summed E-state index contributed by atoms with van der Waals surface area (Å²) < 4.78 is 66.1. The number of rotatable bonds is 6. The quantitative estimate of drug-likeness (QED) is 0.765. The van der Waals surface area contributed by atoms with Crippen LogP contribution in [0, 0.1) is 0 Å². The molecule has 0 bridgehead atoms.